The molecule has 0 spiro atoms. The maximum absolute atomic E-state index is 13.9. The van der Waals surface area contributed by atoms with E-state index in [9.17, 15) is 31.0 Å². The Bertz CT molecular complexity index is 1560. The van der Waals surface area contributed by atoms with Gasteiger partial charge in [0.1, 0.15) is 0 Å². The SMILES string of the molecule is N=C(N)N1CCCC(CNC(=O)C[C@H](NS(=O)(=O)c2ccc3ccccc3c2)C(=O)C(N)(CNS(=O)(=O)O)C2CC2)C1. The Morgan fingerprint density at radius 3 is 2.43 bits per heavy atom. The number of hydrogen-bond donors (Lipinski definition) is 7. The third-order valence-electron chi connectivity index (χ3n) is 7.79. The second-order valence-corrected chi connectivity index (χ2v) is 14.0. The van der Waals surface area contributed by atoms with Crippen molar-refractivity contribution in [1.82, 2.24) is 19.7 Å². The molecule has 1 aliphatic heterocycles. The lowest BCUT2D eigenvalue weighted by Crippen LogP contribution is -2.63. The number of likely N-dealkylation sites (tertiary alicyclic amines) is 1. The van der Waals surface area contributed by atoms with Crippen molar-refractivity contribution in [2.45, 2.75) is 48.6 Å². The molecule has 230 valence electrons. The number of hydrogen-bond acceptors (Lipinski definition) is 8. The van der Waals surface area contributed by atoms with Gasteiger partial charge in [0, 0.05) is 26.2 Å². The van der Waals surface area contributed by atoms with Crippen LogP contribution in [-0.4, -0.2) is 81.7 Å². The first-order valence-electron chi connectivity index (χ1n) is 13.6. The van der Waals surface area contributed by atoms with Gasteiger partial charge in [-0.1, -0.05) is 30.3 Å². The zero-order chi connectivity index (χ0) is 30.7. The van der Waals surface area contributed by atoms with E-state index in [-0.39, 0.29) is 23.3 Å². The van der Waals surface area contributed by atoms with Crippen molar-refractivity contribution in [2.75, 3.05) is 26.2 Å². The molecular formula is C26H37N7O7S2. The van der Waals surface area contributed by atoms with Crippen LogP contribution in [0.5, 0.6) is 0 Å². The molecule has 2 fully saturated rings. The molecule has 2 aromatic rings. The van der Waals surface area contributed by atoms with Crippen molar-refractivity contribution in [3.05, 3.63) is 42.5 Å². The summed E-state index contributed by atoms with van der Waals surface area (Å²) in [5.41, 5.74) is 10.1. The van der Waals surface area contributed by atoms with E-state index in [0.29, 0.717) is 31.3 Å². The molecule has 1 heterocycles. The largest absolute Gasteiger partial charge is 0.370 e. The molecule has 9 N–H and O–H groups in total. The Balaban J connectivity index is 1.56. The second kappa shape index (κ2) is 12.6. The molecule has 4 rings (SSSR count). The Morgan fingerprint density at radius 1 is 1.10 bits per heavy atom. The smallest absolute Gasteiger partial charge is 0.333 e. The Labute approximate surface area is 245 Å². The lowest BCUT2D eigenvalue weighted by atomic mass is 9.84. The van der Waals surface area contributed by atoms with Crippen molar-refractivity contribution < 1.29 is 31.0 Å². The van der Waals surface area contributed by atoms with Crippen LogP contribution in [0.4, 0.5) is 0 Å². The summed E-state index contributed by atoms with van der Waals surface area (Å²) in [6.45, 7) is 0.668. The van der Waals surface area contributed by atoms with Gasteiger partial charge >= 0.3 is 10.3 Å². The number of sulfonamides is 1. The first-order valence-corrected chi connectivity index (χ1v) is 16.5. The highest BCUT2D eigenvalue weighted by atomic mass is 32.2. The van der Waals surface area contributed by atoms with Crippen molar-refractivity contribution in [3.8, 4) is 0 Å². The van der Waals surface area contributed by atoms with Gasteiger partial charge in [-0.25, -0.2) is 13.1 Å². The monoisotopic (exact) mass is 623 g/mol. The number of nitrogens with one attached hydrogen (secondary N) is 4. The fourth-order valence-electron chi connectivity index (χ4n) is 5.31. The number of Topliss-reactive ketones (excluding diaryl/α,β-unsaturated/α-hetero) is 1. The van der Waals surface area contributed by atoms with Crippen LogP contribution in [0, 0.1) is 17.2 Å². The first-order chi connectivity index (χ1) is 19.7. The number of nitrogens with zero attached hydrogens (tertiary/aromatic N) is 1. The summed E-state index contributed by atoms with van der Waals surface area (Å²) >= 11 is 0. The normalized spacial score (nSPS) is 20.0. The van der Waals surface area contributed by atoms with E-state index in [4.69, 9.17) is 16.9 Å². The summed E-state index contributed by atoms with van der Waals surface area (Å²) in [4.78, 5) is 28.5. The minimum atomic E-state index is -4.70. The maximum Gasteiger partial charge on any atom is 0.333 e. The number of piperidine rings is 1. The molecule has 1 aliphatic carbocycles. The topological polar surface area (TPSA) is 238 Å². The van der Waals surface area contributed by atoms with E-state index in [2.05, 4.69) is 10.0 Å². The number of carbonyl (C=O) groups excluding carboxylic acids is 2. The van der Waals surface area contributed by atoms with E-state index in [1.807, 2.05) is 16.9 Å². The summed E-state index contributed by atoms with van der Waals surface area (Å²) in [5.74, 6) is -2.03. The van der Waals surface area contributed by atoms with Crippen molar-refractivity contribution in [1.29, 1.82) is 5.41 Å². The summed E-state index contributed by atoms with van der Waals surface area (Å²) in [7, 11) is -9.05. The van der Waals surface area contributed by atoms with Gasteiger partial charge in [0.15, 0.2) is 11.7 Å². The molecule has 0 radical (unpaired) electrons. The number of fused-ring (bicyclic) bond motifs is 1. The van der Waals surface area contributed by atoms with Crippen LogP contribution in [0.25, 0.3) is 10.8 Å². The highest BCUT2D eigenvalue weighted by molar-refractivity contribution is 7.89. The zero-order valence-corrected chi connectivity index (χ0v) is 24.6. The summed E-state index contributed by atoms with van der Waals surface area (Å²) in [6, 6.07) is 9.94. The van der Waals surface area contributed by atoms with E-state index in [1.165, 1.54) is 12.1 Å². The van der Waals surface area contributed by atoms with Crippen molar-refractivity contribution >= 4 is 48.7 Å². The molecule has 1 saturated carbocycles. The summed E-state index contributed by atoms with van der Waals surface area (Å²) in [6.07, 6.45) is 1.95. The Morgan fingerprint density at radius 2 is 1.79 bits per heavy atom. The zero-order valence-electron chi connectivity index (χ0n) is 23.0. The van der Waals surface area contributed by atoms with Crippen LogP contribution in [0.2, 0.25) is 0 Å². The lowest BCUT2D eigenvalue weighted by Gasteiger charge is -2.33. The van der Waals surface area contributed by atoms with Gasteiger partial charge in [0.2, 0.25) is 15.9 Å². The predicted octanol–water partition coefficient (Wildman–Crippen LogP) is -0.333. The van der Waals surface area contributed by atoms with Crippen LogP contribution in [0.1, 0.15) is 32.1 Å². The fourth-order valence-corrected chi connectivity index (χ4v) is 6.96. The molecule has 3 atom stereocenters. The van der Waals surface area contributed by atoms with Crippen LogP contribution < -0.4 is 26.2 Å². The van der Waals surface area contributed by atoms with Crippen LogP contribution >= 0.6 is 0 Å². The molecule has 2 aliphatic rings. The quantitative estimate of drug-likeness (QED) is 0.0871. The van der Waals surface area contributed by atoms with Crippen molar-refractivity contribution in [3.63, 3.8) is 0 Å². The molecule has 0 bridgehead atoms. The van der Waals surface area contributed by atoms with Crippen LogP contribution in [-0.2, 0) is 29.9 Å². The van der Waals surface area contributed by atoms with Gasteiger partial charge in [-0.15, -0.1) is 0 Å². The number of ketones is 1. The fraction of sp³-hybridized carbons (Fsp3) is 0.500. The number of guanidine groups is 1. The van der Waals surface area contributed by atoms with Gasteiger partial charge in [0.05, 0.1) is 22.9 Å². The van der Waals surface area contributed by atoms with Gasteiger partial charge in [0.25, 0.3) is 0 Å². The minimum absolute atomic E-state index is 0.00549. The number of nitrogens with two attached hydrogens (primary N) is 2. The number of amides is 1. The maximum atomic E-state index is 13.9. The summed E-state index contributed by atoms with van der Waals surface area (Å²) in [5, 5.41) is 11.8. The summed E-state index contributed by atoms with van der Waals surface area (Å²) < 4.78 is 63.1. The van der Waals surface area contributed by atoms with E-state index >= 15 is 0 Å². The molecule has 42 heavy (non-hydrogen) atoms. The first kappa shape index (κ1) is 31.8. The lowest BCUT2D eigenvalue weighted by molar-refractivity contribution is -0.130. The average Bonchev–Trinajstić information content (AvgIpc) is 3.80. The minimum Gasteiger partial charge on any atom is -0.370 e. The van der Waals surface area contributed by atoms with Crippen molar-refractivity contribution in [2.24, 2.45) is 23.3 Å². The van der Waals surface area contributed by atoms with E-state index < -0.39 is 62.5 Å². The van der Waals surface area contributed by atoms with Crippen LogP contribution in [0.15, 0.2) is 47.4 Å². The van der Waals surface area contributed by atoms with Crippen LogP contribution in [0.3, 0.4) is 0 Å². The molecule has 2 aromatic carbocycles. The molecule has 2 unspecified atom stereocenters. The number of benzene rings is 2. The molecule has 1 saturated heterocycles. The van der Waals surface area contributed by atoms with E-state index in [1.54, 1.807) is 23.1 Å². The highest BCUT2D eigenvalue weighted by Crippen LogP contribution is 2.39. The standard InChI is InChI=1S/C26H37N7O7S2/c27-25(28)33-11-3-4-17(15-33)14-30-23(34)13-22(24(35)26(29,20-8-9-20)16-31-42(38,39)40)32-41(36,37)21-10-7-18-5-1-2-6-19(18)12-21/h1-2,5-7,10,12,17,20,22,31-32H,3-4,8-9,11,13-16,29H2,(H3,27,28)(H,30,34)(H,38,39,40)/t17?,22-,26?/m0/s1. The third-order valence-corrected chi connectivity index (χ3v) is 9.77. The highest BCUT2D eigenvalue weighted by Gasteiger charge is 2.51. The molecule has 0 aromatic heterocycles. The number of rotatable bonds is 13. The molecule has 16 heteroatoms. The predicted molar refractivity (Wildman–Crippen MR) is 156 cm³/mol. The average molecular weight is 624 g/mol. The van der Waals surface area contributed by atoms with Gasteiger partial charge in [-0.3, -0.25) is 19.6 Å². The number of carbonyl (C=O) groups is 2. The molecule has 14 nitrogen and oxygen atoms in total. The Hall–Kier alpha value is -3.15. The third kappa shape index (κ3) is 8.02. The van der Waals surface area contributed by atoms with E-state index in [0.717, 1.165) is 18.2 Å². The van der Waals surface area contributed by atoms with Gasteiger partial charge < -0.3 is 21.7 Å². The molecular weight excluding hydrogens is 586 g/mol. The molecule has 1 amide bonds. The van der Waals surface area contributed by atoms with Gasteiger partial charge in [-0.05, 0) is 60.4 Å². The second-order valence-electron chi connectivity index (χ2n) is 11.0. The Kier molecular flexibility index (Phi) is 9.54. The van der Waals surface area contributed by atoms with Gasteiger partial charge in [-0.2, -0.15) is 13.1 Å².